The third-order valence-corrected chi connectivity index (χ3v) is 7.27. The molecule has 0 bridgehead atoms. The van der Waals surface area contributed by atoms with Crippen LogP contribution in [0.25, 0.3) is 0 Å². The number of aromatic nitrogens is 2. The van der Waals surface area contributed by atoms with Gasteiger partial charge in [-0.05, 0) is 23.8 Å². The lowest BCUT2D eigenvalue weighted by atomic mass is 10.2. The normalized spacial score (nSPS) is 19.0. The van der Waals surface area contributed by atoms with Gasteiger partial charge in [-0.3, -0.25) is 4.68 Å². The van der Waals surface area contributed by atoms with Crippen LogP contribution >= 0.6 is 0 Å². The molecule has 4 rings (SSSR count). The maximum atomic E-state index is 12.7. The van der Waals surface area contributed by atoms with Crippen molar-refractivity contribution in [2.45, 2.75) is 6.54 Å². The third-order valence-electron chi connectivity index (χ3n) is 5.23. The Kier molecular flexibility index (Phi) is 6.32. The Morgan fingerprint density at radius 3 is 2.47 bits per heavy atom. The molecule has 2 saturated heterocycles. The molecule has 1 aromatic heterocycles. The first-order valence-corrected chi connectivity index (χ1v) is 11.4. The summed E-state index contributed by atoms with van der Waals surface area (Å²) >= 11 is 0. The first kappa shape index (κ1) is 20.8. The Morgan fingerprint density at radius 1 is 1.03 bits per heavy atom. The quantitative estimate of drug-likeness (QED) is 0.745. The van der Waals surface area contributed by atoms with Crippen molar-refractivity contribution in [3.63, 3.8) is 0 Å². The number of nitrogens with zero attached hydrogens (tertiary/aromatic N) is 5. The zero-order valence-electron chi connectivity index (χ0n) is 16.7. The molecule has 30 heavy (non-hydrogen) atoms. The van der Waals surface area contributed by atoms with Gasteiger partial charge in [0, 0.05) is 57.3 Å². The van der Waals surface area contributed by atoms with Gasteiger partial charge in [0.15, 0.2) is 0 Å². The molecule has 0 radical (unpaired) electrons. The van der Waals surface area contributed by atoms with E-state index in [1.54, 1.807) is 11.1 Å². The van der Waals surface area contributed by atoms with Gasteiger partial charge in [-0.25, -0.2) is 4.79 Å². The van der Waals surface area contributed by atoms with Gasteiger partial charge in [-0.2, -0.15) is 22.1 Å². The molecule has 0 aliphatic carbocycles. The number of nitrogens with one attached hydrogen (secondary N) is 1. The highest BCUT2D eigenvalue weighted by Gasteiger charge is 2.34. The SMILES string of the molecule is O=C(Nc1cccc(Cn2cccn2)c1)N1CCN(S(=O)(=O)N2CCOCC2)CC1. The van der Waals surface area contributed by atoms with Crippen molar-refractivity contribution in [2.75, 3.05) is 57.8 Å². The van der Waals surface area contributed by atoms with Gasteiger partial charge in [0.2, 0.25) is 0 Å². The van der Waals surface area contributed by atoms with Crippen molar-refractivity contribution in [1.29, 1.82) is 0 Å². The van der Waals surface area contributed by atoms with E-state index in [9.17, 15) is 13.2 Å². The van der Waals surface area contributed by atoms with Crippen molar-refractivity contribution >= 4 is 21.9 Å². The van der Waals surface area contributed by atoms with E-state index < -0.39 is 10.2 Å². The van der Waals surface area contributed by atoms with E-state index in [2.05, 4.69) is 10.4 Å². The summed E-state index contributed by atoms with van der Waals surface area (Å²) in [5.41, 5.74) is 1.73. The van der Waals surface area contributed by atoms with Crippen molar-refractivity contribution in [2.24, 2.45) is 0 Å². The molecule has 2 fully saturated rings. The van der Waals surface area contributed by atoms with Crippen LogP contribution in [0.1, 0.15) is 5.56 Å². The fourth-order valence-corrected chi connectivity index (χ4v) is 5.16. The summed E-state index contributed by atoms with van der Waals surface area (Å²) in [6.45, 7) is 3.47. The molecule has 0 atom stereocenters. The van der Waals surface area contributed by atoms with Gasteiger partial charge in [0.1, 0.15) is 0 Å². The maximum absolute atomic E-state index is 12.7. The number of carbonyl (C=O) groups excluding carboxylic acids is 1. The smallest absolute Gasteiger partial charge is 0.321 e. The van der Waals surface area contributed by atoms with E-state index in [0.29, 0.717) is 51.6 Å². The monoisotopic (exact) mass is 434 g/mol. The van der Waals surface area contributed by atoms with Crippen LogP contribution in [0.4, 0.5) is 10.5 Å². The number of rotatable bonds is 5. The second-order valence-corrected chi connectivity index (χ2v) is 9.17. The summed E-state index contributed by atoms with van der Waals surface area (Å²) in [4.78, 5) is 14.3. The Morgan fingerprint density at radius 2 is 1.77 bits per heavy atom. The zero-order valence-corrected chi connectivity index (χ0v) is 17.5. The number of hydrogen-bond donors (Lipinski definition) is 1. The first-order valence-electron chi connectivity index (χ1n) is 9.98. The van der Waals surface area contributed by atoms with Crippen LogP contribution < -0.4 is 5.32 Å². The number of ether oxygens (including phenoxy) is 1. The fraction of sp³-hybridized carbons (Fsp3) is 0.474. The summed E-state index contributed by atoms with van der Waals surface area (Å²) in [6, 6.07) is 9.26. The Hall–Kier alpha value is -2.47. The minimum Gasteiger partial charge on any atom is -0.379 e. The number of anilines is 1. The molecule has 0 spiro atoms. The summed E-state index contributed by atoms with van der Waals surface area (Å²) < 4.78 is 35.4. The first-order chi connectivity index (χ1) is 14.5. The summed E-state index contributed by atoms with van der Waals surface area (Å²) in [5, 5.41) is 7.10. The molecular formula is C19H26N6O4S. The molecule has 0 saturated carbocycles. The van der Waals surface area contributed by atoms with Crippen LogP contribution in [0.3, 0.4) is 0 Å². The van der Waals surface area contributed by atoms with Crippen molar-refractivity contribution < 1.29 is 17.9 Å². The average molecular weight is 435 g/mol. The predicted octanol–water partition coefficient (Wildman–Crippen LogP) is 0.658. The summed E-state index contributed by atoms with van der Waals surface area (Å²) in [6.07, 6.45) is 3.61. The van der Waals surface area contributed by atoms with Crippen LogP contribution in [-0.2, 0) is 21.5 Å². The minimum atomic E-state index is -3.50. The maximum Gasteiger partial charge on any atom is 0.321 e. The van der Waals surface area contributed by atoms with Gasteiger partial charge in [0.05, 0.1) is 19.8 Å². The molecule has 3 heterocycles. The van der Waals surface area contributed by atoms with E-state index in [-0.39, 0.29) is 19.1 Å². The molecule has 1 N–H and O–H groups in total. The van der Waals surface area contributed by atoms with Gasteiger partial charge in [-0.1, -0.05) is 12.1 Å². The van der Waals surface area contributed by atoms with E-state index in [0.717, 1.165) is 5.56 Å². The predicted molar refractivity (Wildman–Crippen MR) is 111 cm³/mol. The molecule has 0 unspecified atom stereocenters. The average Bonchev–Trinajstić information content (AvgIpc) is 3.28. The highest BCUT2D eigenvalue weighted by Crippen LogP contribution is 2.16. The highest BCUT2D eigenvalue weighted by atomic mass is 32.2. The van der Waals surface area contributed by atoms with Crippen LogP contribution in [0.2, 0.25) is 0 Å². The lowest BCUT2D eigenvalue weighted by Gasteiger charge is -2.37. The number of urea groups is 1. The molecule has 162 valence electrons. The second kappa shape index (κ2) is 9.13. The fourth-order valence-electron chi connectivity index (χ4n) is 3.59. The molecule has 2 aliphatic heterocycles. The van der Waals surface area contributed by atoms with E-state index in [1.165, 1.54) is 8.61 Å². The lowest BCUT2D eigenvalue weighted by molar-refractivity contribution is 0.0691. The topological polar surface area (TPSA) is 100 Å². The number of hydrogen-bond acceptors (Lipinski definition) is 5. The Labute approximate surface area is 176 Å². The van der Waals surface area contributed by atoms with E-state index in [1.807, 2.05) is 41.2 Å². The van der Waals surface area contributed by atoms with Crippen LogP contribution in [0.15, 0.2) is 42.7 Å². The number of benzene rings is 1. The van der Waals surface area contributed by atoms with E-state index in [4.69, 9.17) is 4.74 Å². The molecule has 2 aromatic rings. The third kappa shape index (κ3) is 4.81. The summed E-state index contributed by atoms with van der Waals surface area (Å²) in [5.74, 6) is 0. The van der Waals surface area contributed by atoms with Crippen LogP contribution in [-0.4, -0.2) is 90.2 Å². The van der Waals surface area contributed by atoms with Crippen molar-refractivity contribution in [1.82, 2.24) is 23.3 Å². The highest BCUT2D eigenvalue weighted by molar-refractivity contribution is 7.86. The van der Waals surface area contributed by atoms with Crippen molar-refractivity contribution in [3.05, 3.63) is 48.3 Å². The summed E-state index contributed by atoms with van der Waals surface area (Å²) in [7, 11) is -3.50. The number of amides is 2. The molecule has 10 nitrogen and oxygen atoms in total. The molecule has 2 amide bonds. The Balaban J connectivity index is 1.31. The largest absolute Gasteiger partial charge is 0.379 e. The number of carbonyl (C=O) groups is 1. The van der Waals surface area contributed by atoms with Gasteiger partial charge < -0.3 is 15.0 Å². The van der Waals surface area contributed by atoms with Crippen molar-refractivity contribution in [3.8, 4) is 0 Å². The standard InChI is InChI=1S/C19H26N6O4S/c26-19(21-18-4-1-3-17(15-18)16-23-6-2-5-20-23)22-7-9-24(10-8-22)30(27,28)25-11-13-29-14-12-25/h1-6,15H,7-14,16H2,(H,21,26). The van der Waals surface area contributed by atoms with Crippen LogP contribution in [0.5, 0.6) is 0 Å². The number of piperazine rings is 1. The minimum absolute atomic E-state index is 0.227. The molecule has 2 aliphatic rings. The Bertz CT molecular complexity index is 951. The molecule has 1 aromatic carbocycles. The van der Waals surface area contributed by atoms with Gasteiger partial charge >= 0.3 is 6.03 Å². The van der Waals surface area contributed by atoms with Crippen LogP contribution in [0, 0.1) is 0 Å². The van der Waals surface area contributed by atoms with Gasteiger partial charge in [-0.15, -0.1) is 0 Å². The van der Waals surface area contributed by atoms with E-state index >= 15 is 0 Å². The zero-order chi connectivity index (χ0) is 21.0. The molecule has 11 heteroatoms. The van der Waals surface area contributed by atoms with Gasteiger partial charge in [0.25, 0.3) is 10.2 Å². The number of morpholine rings is 1. The second-order valence-electron chi connectivity index (χ2n) is 7.24. The molecular weight excluding hydrogens is 408 g/mol. The lowest BCUT2D eigenvalue weighted by Crippen LogP contribution is -2.56.